The summed E-state index contributed by atoms with van der Waals surface area (Å²) in [6.07, 6.45) is 5.01. The average molecular weight is 290 g/mol. The fourth-order valence-electron chi connectivity index (χ4n) is 2.17. The minimum atomic E-state index is 0.444. The number of guanidine groups is 1. The van der Waals surface area contributed by atoms with Gasteiger partial charge in [0.2, 0.25) is 0 Å². The van der Waals surface area contributed by atoms with Gasteiger partial charge in [0.25, 0.3) is 0 Å². The maximum Gasteiger partial charge on any atom is 0.191 e. The Bertz CT molecular complexity index is 429. The Morgan fingerprint density at radius 1 is 1.29 bits per heavy atom. The molecule has 4 nitrogen and oxygen atoms in total. The maximum atomic E-state index is 4.62. The third-order valence-electron chi connectivity index (χ3n) is 3.31. The van der Waals surface area contributed by atoms with Crippen LogP contribution in [0.4, 0.5) is 0 Å². The van der Waals surface area contributed by atoms with E-state index in [1.807, 2.05) is 25.1 Å². The van der Waals surface area contributed by atoms with Crippen LogP contribution in [0.3, 0.4) is 0 Å². The first-order chi connectivity index (χ1) is 10.2. The lowest BCUT2D eigenvalue weighted by atomic mass is 10.1. The van der Waals surface area contributed by atoms with E-state index >= 15 is 0 Å². The van der Waals surface area contributed by atoms with E-state index in [2.05, 4.69) is 41.4 Å². The molecule has 4 heteroatoms. The largest absolute Gasteiger partial charge is 0.357 e. The number of unbranched alkanes of at least 4 members (excludes halogenated alkanes) is 2. The summed E-state index contributed by atoms with van der Waals surface area (Å²) in [5.74, 6) is 0.879. The minimum absolute atomic E-state index is 0.444. The maximum absolute atomic E-state index is 4.62. The van der Waals surface area contributed by atoms with Gasteiger partial charge >= 0.3 is 0 Å². The molecular formula is C17H30N4. The van der Waals surface area contributed by atoms with Gasteiger partial charge < -0.3 is 10.6 Å². The van der Waals surface area contributed by atoms with Crippen LogP contribution in [0.25, 0.3) is 0 Å². The monoisotopic (exact) mass is 290 g/mol. The Kier molecular flexibility index (Phi) is 8.48. The fourth-order valence-corrected chi connectivity index (χ4v) is 2.17. The Morgan fingerprint density at radius 2 is 2.10 bits per heavy atom. The van der Waals surface area contributed by atoms with Crippen LogP contribution in [0, 0.1) is 6.92 Å². The predicted octanol–water partition coefficient (Wildman–Crippen LogP) is 3.41. The zero-order valence-electron chi connectivity index (χ0n) is 13.9. The van der Waals surface area contributed by atoms with Crippen molar-refractivity contribution in [2.24, 2.45) is 4.99 Å². The van der Waals surface area contributed by atoms with Crippen LogP contribution >= 0.6 is 0 Å². The molecule has 1 aromatic rings. The normalized spacial score (nSPS) is 13.0. The van der Waals surface area contributed by atoms with Crippen LogP contribution in [-0.2, 0) is 6.54 Å². The van der Waals surface area contributed by atoms with Gasteiger partial charge in [-0.1, -0.05) is 32.3 Å². The SMILES string of the molecule is CCCCCC(C)NC(=NCc1cccc(C)n1)NCC. The summed E-state index contributed by atoms with van der Waals surface area (Å²) in [6.45, 7) is 10.0. The van der Waals surface area contributed by atoms with Gasteiger partial charge in [-0.25, -0.2) is 4.99 Å². The van der Waals surface area contributed by atoms with Gasteiger partial charge in [0.1, 0.15) is 0 Å². The Morgan fingerprint density at radius 3 is 2.76 bits per heavy atom. The molecule has 1 atom stereocenters. The van der Waals surface area contributed by atoms with Crippen molar-refractivity contribution in [3.05, 3.63) is 29.6 Å². The van der Waals surface area contributed by atoms with Gasteiger partial charge in [0, 0.05) is 18.3 Å². The Balaban J connectivity index is 2.52. The molecule has 0 saturated heterocycles. The molecule has 0 aromatic carbocycles. The molecule has 0 radical (unpaired) electrons. The number of nitrogens with zero attached hydrogens (tertiary/aromatic N) is 2. The van der Waals surface area contributed by atoms with E-state index in [9.17, 15) is 0 Å². The molecule has 0 aliphatic rings. The number of aromatic nitrogens is 1. The number of aryl methyl sites for hydroxylation is 1. The lowest BCUT2D eigenvalue weighted by Gasteiger charge is -2.17. The summed E-state index contributed by atoms with van der Waals surface area (Å²) in [7, 11) is 0. The number of aliphatic imine (C=N–C) groups is 1. The summed E-state index contributed by atoms with van der Waals surface area (Å²) >= 11 is 0. The van der Waals surface area contributed by atoms with Gasteiger partial charge in [-0.3, -0.25) is 4.98 Å². The van der Waals surface area contributed by atoms with Crippen molar-refractivity contribution in [1.82, 2.24) is 15.6 Å². The lowest BCUT2D eigenvalue weighted by molar-refractivity contribution is 0.546. The highest BCUT2D eigenvalue weighted by atomic mass is 15.2. The smallest absolute Gasteiger partial charge is 0.191 e. The topological polar surface area (TPSA) is 49.3 Å². The molecule has 1 heterocycles. The molecule has 0 aliphatic heterocycles. The standard InChI is InChI=1S/C17H30N4/c1-5-7-8-10-15(4)21-17(18-6-2)19-13-16-12-9-11-14(3)20-16/h9,11-12,15H,5-8,10,13H2,1-4H3,(H2,18,19,21). The Labute approximate surface area is 129 Å². The first-order valence-electron chi connectivity index (χ1n) is 8.13. The zero-order valence-corrected chi connectivity index (χ0v) is 13.9. The summed E-state index contributed by atoms with van der Waals surface area (Å²) in [6, 6.07) is 6.50. The van der Waals surface area contributed by atoms with Crippen LogP contribution in [0.5, 0.6) is 0 Å². The zero-order chi connectivity index (χ0) is 15.5. The average Bonchev–Trinajstić information content (AvgIpc) is 2.45. The highest BCUT2D eigenvalue weighted by Crippen LogP contribution is 2.03. The molecule has 118 valence electrons. The lowest BCUT2D eigenvalue weighted by Crippen LogP contribution is -2.42. The van der Waals surface area contributed by atoms with Crippen LogP contribution < -0.4 is 10.6 Å². The van der Waals surface area contributed by atoms with E-state index in [0.29, 0.717) is 12.6 Å². The van der Waals surface area contributed by atoms with Crippen LogP contribution in [0.1, 0.15) is 57.8 Å². The summed E-state index contributed by atoms with van der Waals surface area (Å²) in [5, 5.41) is 6.77. The van der Waals surface area contributed by atoms with E-state index in [0.717, 1.165) is 23.9 Å². The number of nitrogens with one attached hydrogen (secondary N) is 2. The molecule has 0 amide bonds. The van der Waals surface area contributed by atoms with Crippen molar-refractivity contribution >= 4 is 5.96 Å². The second-order valence-corrected chi connectivity index (χ2v) is 5.51. The highest BCUT2D eigenvalue weighted by Gasteiger charge is 2.05. The summed E-state index contributed by atoms with van der Waals surface area (Å²) in [5.41, 5.74) is 2.04. The molecule has 0 aliphatic carbocycles. The number of pyridine rings is 1. The third kappa shape index (κ3) is 7.69. The minimum Gasteiger partial charge on any atom is -0.357 e. The van der Waals surface area contributed by atoms with E-state index in [1.54, 1.807) is 0 Å². The molecule has 1 rings (SSSR count). The highest BCUT2D eigenvalue weighted by molar-refractivity contribution is 5.79. The van der Waals surface area contributed by atoms with Crippen LogP contribution in [0.2, 0.25) is 0 Å². The van der Waals surface area contributed by atoms with Crippen molar-refractivity contribution in [3.63, 3.8) is 0 Å². The van der Waals surface area contributed by atoms with Gasteiger partial charge in [-0.15, -0.1) is 0 Å². The second kappa shape index (κ2) is 10.2. The van der Waals surface area contributed by atoms with Gasteiger partial charge in [0.15, 0.2) is 5.96 Å². The number of rotatable bonds is 8. The number of hydrogen-bond acceptors (Lipinski definition) is 2. The molecule has 21 heavy (non-hydrogen) atoms. The van der Waals surface area contributed by atoms with Crippen molar-refractivity contribution in [1.29, 1.82) is 0 Å². The molecule has 0 spiro atoms. The number of hydrogen-bond donors (Lipinski definition) is 2. The van der Waals surface area contributed by atoms with Crippen molar-refractivity contribution in [2.75, 3.05) is 6.54 Å². The second-order valence-electron chi connectivity index (χ2n) is 5.51. The third-order valence-corrected chi connectivity index (χ3v) is 3.31. The molecule has 0 saturated carbocycles. The quantitative estimate of drug-likeness (QED) is 0.438. The van der Waals surface area contributed by atoms with Crippen LogP contribution in [-0.4, -0.2) is 23.5 Å². The van der Waals surface area contributed by atoms with E-state index in [1.165, 1.54) is 25.7 Å². The van der Waals surface area contributed by atoms with Gasteiger partial charge in [-0.2, -0.15) is 0 Å². The summed E-state index contributed by atoms with van der Waals surface area (Å²) in [4.78, 5) is 9.11. The fraction of sp³-hybridized carbons (Fsp3) is 0.647. The summed E-state index contributed by atoms with van der Waals surface area (Å²) < 4.78 is 0. The van der Waals surface area contributed by atoms with Gasteiger partial charge in [-0.05, 0) is 39.3 Å². The van der Waals surface area contributed by atoms with E-state index in [-0.39, 0.29) is 0 Å². The molecule has 1 aromatic heterocycles. The molecule has 0 fully saturated rings. The first-order valence-corrected chi connectivity index (χ1v) is 8.13. The molecular weight excluding hydrogens is 260 g/mol. The van der Waals surface area contributed by atoms with E-state index < -0.39 is 0 Å². The van der Waals surface area contributed by atoms with Crippen LogP contribution in [0.15, 0.2) is 23.2 Å². The van der Waals surface area contributed by atoms with Gasteiger partial charge in [0.05, 0.1) is 12.2 Å². The van der Waals surface area contributed by atoms with Crippen molar-refractivity contribution < 1.29 is 0 Å². The Hall–Kier alpha value is -1.58. The molecule has 1 unspecified atom stereocenters. The van der Waals surface area contributed by atoms with Crippen molar-refractivity contribution in [3.8, 4) is 0 Å². The predicted molar refractivity (Wildman–Crippen MR) is 90.5 cm³/mol. The van der Waals surface area contributed by atoms with E-state index in [4.69, 9.17) is 0 Å². The van der Waals surface area contributed by atoms with Crippen molar-refractivity contribution in [2.45, 2.75) is 66.0 Å². The first kappa shape index (κ1) is 17.5. The molecule has 2 N–H and O–H groups in total. The molecule has 0 bridgehead atoms.